The molecule has 0 aliphatic carbocycles. The molecule has 0 saturated carbocycles. The molecule has 2 atom stereocenters. The van der Waals surface area contributed by atoms with E-state index >= 15 is 0 Å². The van der Waals surface area contributed by atoms with Gasteiger partial charge in [-0.05, 0) is 38.4 Å². The summed E-state index contributed by atoms with van der Waals surface area (Å²) in [7, 11) is 0. The van der Waals surface area contributed by atoms with Crippen molar-refractivity contribution in [3.05, 3.63) is 35.6 Å². The molecule has 2 nitrogen and oxygen atoms in total. The minimum Gasteiger partial charge on any atom is -0.306 e. The number of piperidine rings is 1. The van der Waals surface area contributed by atoms with Crippen molar-refractivity contribution < 1.29 is 4.39 Å². The fraction of sp³-hybridized carbons (Fsp3) is 0.625. The highest BCUT2D eigenvalue weighted by molar-refractivity contribution is 5.21. The summed E-state index contributed by atoms with van der Waals surface area (Å²) in [5.41, 5.74) is 0.804. The lowest BCUT2D eigenvalue weighted by atomic mass is 9.99. The van der Waals surface area contributed by atoms with Crippen LogP contribution in [-0.4, -0.2) is 30.6 Å². The van der Waals surface area contributed by atoms with Crippen molar-refractivity contribution in [2.45, 2.75) is 45.2 Å². The topological polar surface area (TPSA) is 15.3 Å². The highest BCUT2D eigenvalue weighted by Gasteiger charge is 2.22. The average molecular weight is 264 g/mol. The summed E-state index contributed by atoms with van der Waals surface area (Å²) in [6.45, 7) is 7.71. The summed E-state index contributed by atoms with van der Waals surface area (Å²) in [6.07, 6.45) is 3.35. The number of benzene rings is 1. The van der Waals surface area contributed by atoms with E-state index < -0.39 is 0 Å². The summed E-state index contributed by atoms with van der Waals surface area (Å²) < 4.78 is 13.9. The molecule has 0 amide bonds. The van der Waals surface area contributed by atoms with Crippen molar-refractivity contribution in [3.63, 3.8) is 0 Å². The molecule has 3 heteroatoms. The number of halogens is 1. The van der Waals surface area contributed by atoms with E-state index in [0.717, 1.165) is 25.1 Å². The predicted octanol–water partition coefficient (Wildman–Crippen LogP) is 3.35. The molecular formula is C16H25FN2. The van der Waals surface area contributed by atoms with Gasteiger partial charge in [-0.2, -0.15) is 0 Å². The lowest BCUT2D eigenvalue weighted by Crippen LogP contribution is -2.46. The number of rotatable bonds is 5. The van der Waals surface area contributed by atoms with E-state index in [9.17, 15) is 4.39 Å². The van der Waals surface area contributed by atoms with E-state index in [-0.39, 0.29) is 11.9 Å². The minimum absolute atomic E-state index is 0.0926. The summed E-state index contributed by atoms with van der Waals surface area (Å²) in [6, 6.07) is 7.74. The van der Waals surface area contributed by atoms with Crippen LogP contribution in [0.4, 0.5) is 4.39 Å². The number of hydrogen-bond donors (Lipinski definition) is 1. The molecule has 2 unspecified atom stereocenters. The molecule has 0 bridgehead atoms. The second-order valence-electron chi connectivity index (χ2n) is 5.38. The number of likely N-dealkylation sites (N-methyl/N-ethyl adjacent to an activating group) is 1. The molecular weight excluding hydrogens is 239 g/mol. The molecule has 1 aliphatic heterocycles. The fourth-order valence-corrected chi connectivity index (χ4v) is 2.95. The zero-order chi connectivity index (χ0) is 13.7. The molecule has 1 heterocycles. The van der Waals surface area contributed by atoms with E-state index in [1.165, 1.54) is 19.4 Å². The third-order valence-corrected chi connectivity index (χ3v) is 4.08. The zero-order valence-electron chi connectivity index (χ0n) is 12.0. The SMILES string of the molecule is CCC(NC1CCCN(CC)C1)c1ccccc1F. The Morgan fingerprint density at radius 2 is 2.16 bits per heavy atom. The van der Waals surface area contributed by atoms with Gasteiger partial charge in [-0.15, -0.1) is 0 Å². The highest BCUT2D eigenvalue weighted by Crippen LogP contribution is 2.22. The van der Waals surface area contributed by atoms with Gasteiger partial charge in [-0.25, -0.2) is 4.39 Å². The van der Waals surface area contributed by atoms with Gasteiger partial charge < -0.3 is 10.2 Å². The van der Waals surface area contributed by atoms with Crippen LogP contribution in [0.15, 0.2) is 24.3 Å². The van der Waals surface area contributed by atoms with Crippen molar-refractivity contribution in [2.24, 2.45) is 0 Å². The van der Waals surface area contributed by atoms with Gasteiger partial charge in [0, 0.05) is 24.2 Å². The molecule has 0 aromatic heterocycles. The van der Waals surface area contributed by atoms with Crippen molar-refractivity contribution in [1.29, 1.82) is 0 Å². The van der Waals surface area contributed by atoms with Crippen LogP contribution in [-0.2, 0) is 0 Å². The van der Waals surface area contributed by atoms with Crippen molar-refractivity contribution in [3.8, 4) is 0 Å². The molecule has 0 spiro atoms. The molecule has 2 rings (SSSR count). The minimum atomic E-state index is -0.0926. The lowest BCUT2D eigenvalue weighted by Gasteiger charge is -2.34. The largest absolute Gasteiger partial charge is 0.306 e. The van der Waals surface area contributed by atoms with E-state index in [1.807, 2.05) is 12.1 Å². The number of nitrogens with zero attached hydrogens (tertiary/aromatic N) is 1. The Morgan fingerprint density at radius 3 is 2.84 bits per heavy atom. The van der Waals surface area contributed by atoms with E-state index in [1.54, 1.807) is 12.1 Å². The van der Waals surface area contributed by atoms with E-state index in [2.05, 4.69) is 24.1 Å². The molecule has 1 aromatic carbocycles. The summed E-state index contributed by atoms with van der Waals surface area (Å²) in [5, 5.41) is 3.65. The van der Waals surface area contributed by atoms with Gasteiger partial charge in [-0.1, -0.05) is 32.0 Å². The van der Waals surface area contributed by atoms with Gasteiger partial charge in [-0.3, -0.25) is 0 Å². The van der Waals surface area contributed by atoms with E-state index in [0.29, 0.717) is 6.04 Å². The Labute approximate surface area is 116 Å². The van der Waals surface area contributed by atoms with Crippen LogP contribution in [0.5, 0.6) is 0 Å². The zero-order valence-corrected chi connectivity index (χ0v) is 12.0. The van der Waals surface area contributed by atoms with Crippen LogP contribution in [0.25, 0.3) is 0 Å². The Hall–Kier alpha value is -0.930. The van der Waals surface area contributed by atoms with Crippen LogP contribution < -0.4 is 5.32 Å². The smallest absolute Gasteiger partial charge is 0.127 e. The quantitative estimate of drug-likeness (QED) is 0.877. The first-order valence-corrected chi connectivity index (χ1v) is 7.47. The Kier molecular flexibility index (Phi) is 5.34. The maximum Gasteiger partial charge on any atom is 0.127 e. The summed E-state index contributed by atoms with van der Waals surface area (Å²) in [5.74, 6) is -0.0926. The van der Waals surface area contributed by atoms with Crippen LogP contribution in [0.2, 0.25) is 0 Å². The number of likely N-dealkylation sites (tertiary alicyclic amines) is 1. The van der Waals surface area contributed by atoms with Crippen LogP contribution in [0.3, 0.4) is 0 Å². The molecule has 0 radical (unpaired) electrons. The average Bonchev–Trinajstić information content (AvgIpc) is 2.46. The molecule has 1 aromatic rings. The van der Waals surface area contributed by atoms with Gasteiger partial charge in [0.15, 0.2) is 0 Å². The molecule has 1 saturated heterocycles. The van der Waals surface area contributed by atoms with Crippen LogP contribution in [0.1, 0.15) is 44.7 Å². The third-order valence-electron chi connectivity index (χ3n) is 4.08. The first-order valence-electron chi connectivity index (χ1n) is 7.47. The van der Waals surface area contributed by atoms with Gasteiger partial charge in [0.1, 0.15) is 5.82 Å². The maximum absolute atomic E-state index is 13.9. The second-order valence-corrected chi connectivity index (χ2v) is 5.38. The molecule has 1 aliphatic rings. The number of nitrogens with one attached hydrogen (secondary N) is 1. The monoisotopic (exact) mass is 264 g/mol. The lowest BCUT2D eigenvalue weighted by molar-refractivity contribution is 0.189. The van der Waals surface area contributed by atoms with Gasteiger partial charge >= 0.3 is 0 Å². The normalized spacial score (nSPS) is 22.4. The molecule has 1 N–H and O–H groups in total. The second kappa shape index (κ2) is 7.01. The Morgan fingerprint density at radius 1 is 1.37 bits per heavy atom. The van der Waals surface area contributed by atoms with Crippen LogP contribution in [0, 0.1) is 5.82 Å². The standard InChI is InChI=1S/C16H25FN2/c1-3-16(14-9-5-6-10-15(14)17)18-13-8-7-11-19(4-2)12-13/h5-6,9-10,13,16,18H,3-4,7-8,11-12H2,1-2H3. The first kappa shape index (κ1) is 14.5. The summed E-state index contributed by atoms with van der Waals surface area (Å²) in [4.78, 5) is 2.47. The molecule has 1 fully saturated rings. The van der Waals surface area contributed by atoms with Crippen molar-refractivity contribution in [2.75, 3.05) is 19.6 Å². The van der Waals surface area contributed by atoms with Gasteiger partial charge in [0.25, 0.3) is 0 Å². The Bertz CT molecular complexity index is 394. The third kappa shape index (κ3) is 3.77. The van der Waals surface area contributed by atoms with E-state index in [4.69, 9.17) is 0 Å². The first-order chi connectivity index (χ1) is 9.24. The number of hydrogen-bond acceptors (Lipinski definition) is 2. The summed E-state index contributed by atoms with van der Waals surface area (Å²) >= 11 is 0. The van der Waals surface area contributed by atoms with Crippen LogP contribution >= 0.6 is 0 Å². The Balaban J connectivity index is 2.01. The predicted molar refractivity (Wildman–Crippen MR) is 77.7 cm³/mol. The highest BCUT2D eigenvalue weighted by atomic mass is 19.1. The molecule has 106 valence electrons. The van der Waals surface area contributed by atoms with Gasteiger partial charge in [0.05, 0.1) is 0 Å². The van der Waals surface area contributed by atoms with Crippen molar-refractivity contribution in [1.82, 2.24) is 10.2 Å². The fourth-order valence-electron chi connectivity index (χ4n) is 2.95. The van der Waals surface area contributed by atoms with Gasteiger partial charge in [0.2, 0.25) is 0 Å². The van der Waals surface area contributed by atoms with Crippen molar-refractivity contribution >= 4 is 0 Å². The molecule has 19 heavy (non-hydrogen) atoms. The maximum atomic E-state index is 13.9.